The molecule has 0 unspecified atom stereocenters. The summed E-state index contributed by atoms with van der Waals surface area (Å²) in [5.74, 6) is -0.181. The molecule has 1 aromatic carbocycles. The summed E-state index contributed by atoms with van der Waals surface area (Å²) in [5.41, 5.74) is 1.44. The fourth-order valence-electron chi connectivity index (χ4n) is 2.84. The van der Waals surface area contributed by atoms with Crippen molar-refractivity contribution in [3.63, 3.8) is 0 Å². The van der Waals surface area contributed by atoms with Gasteiger partial charge in [0.2, 0.25) is 0 Å². The van der Waals surface area contributed by atoms with E-state index in [4.69, 9.17) is 0 Å². The molecule has 1 fully saturated rings. The van der Waals surface area contributed by atoms with E-state index in [9.17, 15) is 9.50 Å². The lowest BCUT2D eigenvalue weighted by Crippen LogP contribution is -2.44. The third kappa shape index (κ3) is 4.03. The van der Waals surface area contributed by atoms with Gasteiger partial charge < -0.3 is 10.4 Å². The summed E-state index contributed by atoms with van der Waals surface area (Å²) in [5, 5.41) is 13.8. The molecular weight excluding hydrogens is 253 g/mol. The lowest BCUT2D eigenvalue weighted by atomic mass is 9.71. The second-order valence-corrected chi connectivity index (χ2v) is 7.09. The normalized spacial score (nSPS) is 20.9. The van der Waals surface area contributed by atoms with E-state index in [1.54, 1.807) is 6.07 Å². The van der Waals surface area contributed by atoms with Crippen LogP contribution in [0.3, 0.4) is 0 Å². The van der Waals surface area contributed by atoms with E-state index < -0.39 is 5.60 Å². The topological polar surface area (TPSA) is 32.3 Å². The highest BCUT2D eigenvalue weighted by Gasteiger charge is 2.36. The zero-order valence-electron chi connectivity index (χ0n) is 12.8. The van der Waals surface area contributed by atoms with E-state index in [1.807, 2.05) is 13.0 Å². The van der Waals surface area contributed by atoms with Crippen LogP contribution in [0.1, 0.15) is 50.7 Å². The first kappa shape index (κ1) is 15.5. The molecule has 0 heterocycles. The molecule has 20 heavy (non-hydrogen) atoms. The lowest BCUT2D eigenvalue weighted by molar-refractivity contribution is -0.0245. The van der Waals surface area contributed by atoms with E-state index >= 15 is 0 Å². The van der Waals surface area contributed by atoms with Gasteiger partial charge in [0, 0.05) is 18.7 Å². The van der Waals surface area contributed by atoms with Crippen molar-refractivity contribution < 1.29 is 9.50 Å². The van der Waals surface area contributed by atoms with Crippen molar-refractivity contribution in [2.45, 2.75) is 58.6 Å². The minimum Gasteiger partial charge on any atom is -0.389 e. The van der Waals surface area contributed by atoms with Crippen LogP contribution in [0.2, 0.25) is 0 Å². The minimum atomic E-state index is -0.629. The third-order valence-electron chi connectivity index (χ3n) is 4.50. The van der Waals surface area contributed by atoms with Crippen LogP contribution in [0, 0.1) is 18.2 Å². The van der Waals surface area contributed by atoms with Gasteiger partial charge in [0.25, 0.3) is 0 Å². The maximum absolute atomic E-state index is 13.6. The number of aryl methyl sites for hydroxylation is 1. The Morgan fingerprint density at radius 2 is 1.85 bits per heavy atom. The van der Waals surface area contributed by atoms with Gasteiger partial charge >= 0.3 is 0 Å². The summed E-state index contributed by atoms with van der Waals surface area (Å²) in [6.07, 6.45) is 3.74. The minimum absolute atomic E-state index is 0.181. The van der Waals surface area contributed by atoms with Gasteiger partial charge in [0.15, 0.2) is 0 Å². The number of halogens is 1. The largest absolute Gasteiger partial charge is 0.389 e. The molecule has 0 spiro atoms. The average Bonchev–Trinajstić information content (AvgIpc) is 2.38. The van der Waals surface area contributed by atoms with Crippen molar-refractivity contribution in [1.29, 1.82) is 0 Å². The van der Waals surface area contributed by atoms with Crippen molar-refractivity contribution in [2.75, 3.05) is 6.54 Å². The van der Waals surface area contributed by atoms with Crippen molar-refractivity contribution in [1.82, 2.24) is 5.32 Å². The number of aliphatic hydroxyl groups is 1. The Bertz CT molecular complexity index is 460. The first-order chi connectivity index (χ1) is 9.30. The van der Waals surface area contributed by atoms with Crippen LogP contribution in [-0.2, 0) is 6.54 Å². The molecular formula is C17H26FNO. The zero-order valence-corrected chi connectivity index (χ0v) is 12.8. The first-order valence-electron chi connectivity index (χ1n) is 7.48. The van der Waals surface area contributed by atoms with Gasteiger partial charge in [-0.05, 0) is 44.1 Å². The molecule has 1 aromatic rings. The van der Waals surface area contributed by atoms with E-state index in [2.05, 4.69) is 19.2 Å². The maximum atomic E-state index is 13.6. The Balaban J connectivity index is 1.85. The summed E-state index contributed by atoms with van der Waals surface area (Å²) >= 11 is 0. The Morgan fingerprint density at radius 1 is 1.20 bits per heavy atom. The van der Waals surface area contributed by atoms with Crippen LogP contribution in [0.25, 0.3) is 0 Å². The first-order valence-corrected chi connectivity index (χ1v) is 7.48. The van der Waals surface area contributed by atoms with Crippen molar-refractivity contribution in [3.05, 3.63) is 35.1 Å². The molecule has 0 aliphatic heterocycles. The number of nitrogens with one attached hydrogen (secondary N) is 1. The molecule has 2 nitrogen and oxygen atoms in total. The van der Waals surface area contributed by atoms with E-state index in [1.165, 1.54) is 6.07 Å². The van der Waals surface area contributed by atoms with Crippen LogP contribution >= 0.6 is 0 Å². The van der Waals surface area contributed by atoms with Gasteiger partial charge in [0.1, 0.15) is 5.82 Å². The third-order valence-corrected chi connectivity index (χ3v) is 4.50. The number of benzene rings is 1. The predicted octanol–water partition coefficient (Wildman–Crippen LogP) is 3.56. The maximum Gasteiger partial charge on any atom is 0.127 e. The SMILES string of the molecule is Cc1ccc(F)c(CNCC2(O)CCC(C)(C)CC2)c1. The van der Waals surface area contributed by atoms with E-state index in [0.29, 0.717) is 24.1 Å². The lowest BCUT2D eigenvalue weighted by Gasteiger charge is -2.40. The monoisotopic (exact) mass is 279 g/mol. The molecule has 2 N–H and O–H groups in total. The molecule has 112 valence electrons. The number of hydrogen-bond donors (Lipinski definition) is 2. The highest BCUT2D eigenvalue weighted by Crippen LogP contribution is 2.39. The molecule has 1 aliphatic carbocycles. The van der Waals surface area contributed by atoms with Gasteiger partial charge in [0.05, 0.1) is 5.60 Å². The summed E-state index contributed by atoms with van der Waals surface area (Å²) in [4.78, 5) is 0. The molecule has 0 amide bonds. The fourth-order valence-corrected chi connectivity index (χ4v) is 2.84. The van der Waals surface area contributed by atoms with Crippen molar-refractivity contribution in [2.24, 2.45) is 5.41 Å². The Labute approximate surface area is 121 Å². The summed E-state index contributed by atoms with van der Waals surface area (Å²) in [6.45, 7) is 7.47. The quantitative estimate of drug-likeness (QED) is 0.883. The molecule has 3 heteroatoms. The highest BCUT2D eigenvalue weighted by atomic mass is 19.1. The van der Waals surface area contributed by atoms with Crippen molar-refractivity contribution in [3.8, 4) is 0 Å². The summed E-state index contributed by atoms with van der Waals surface area (Å²) in [7, 11) is 0. The number of rotatable bonds is 4. The van der Waals surface area contributed by atoms with Crippen LogP contribution < -0.4 is 5.32 Å². The fraction of sp³-hybridized carbons (Fsp3) is 0.647. The second-order valence-electron chi connectivity index (χ2n) is 7.09. The Morgan fingerprint density at radius 3 is 2.50 bits per heavy atom. The van der Waals surface area contributed by atoms with Crippen LogP contribution in [0.5, 0.6) is 0 Å². The smallest absolute Gasteiger partial charge is 0.127 e. The molecule has 0 saturated heterocycles. The van der Waals surface area contributed by atoms with Gasteiger partial charge in [-0.2, -0.15) is 0 Å². The molecule has 0 bridgehead atoms. The van der Waals surface area contributed by atoms with Gasteiger partial charge in [-0.15, -0.1) is 0 Å². The van der Waals surface area contributed by atoms with E-state index in [0.717, 1.165) is 31.2 Å². The van der Waals surface area contributed by atoms with E-state index in [-0.39, 0.29) is 5.82 Å². The second kappa shape index (κ2) is 5.82. The molecule has 0 radical (unpaired) electrons. The number of hydrogen-bond acceptors (Lipinski definition) is 2. The molecule has 1 aliphatic rings. The van der Waals surface area contributed by atoms with Crippen LogP contribution in [0.4, 0.5) is 4.39 Å². The highest BCUT2D eigenvalue weighted by molar-refractivity contribution is 5.23. The van der Waals surface area contributed by atoms with Crippen LogP contribution in [-0.4, -0.2) is 17.3 Å². The zero-order chi connectivity index (χ0) is 14.8. The summed E-state index contributed by atoms with van der Waals surface area (Å²) in [6, 6.07) is 5.14. The molecule has 2 rings (SSSR count). The van der Waals surface area contributed by atoms with Crippen molar-refractivity contribution >= 4 is 0 Å². The Hall–Kier alpha value is -0.930. The van der Waals surface area contributed by atoms with Gasteiger partial charge in [-0.3, -0.25) is 0 Å². The Kier molecular flexibility index (Phi) is 4.50. The van der Waals surface area contributed by atoms with Gasteiger partial charge in [-0.25, -0.2) is 4.39 Å². The molecule has 0 aromatic heterocycles. The standard InChI is InChI=1S/C17H26FNO/c1-13-4-5-15(18)14(10-13)11-19-12-17(20)8-6-16(2,3)7-9-17/h4-5,10,19-20H,6-9,11-12H2,1-3H3. The van der Waals surface area contributed by atoms with Crippen LogP contribution in [0.15, 0.2) is 18.2 Å². The molecule has 0 atom stereocenters. The predicted molar refractivity (Wildman–Crippen MR) is 80.0 cm³/mol. The summed E-state index contributed by atoms with van der Waals surface area (Å²) < 4.78 is 13.6. The van der Waals surface area contributed by atoms with Gasteiger partial charge in [-0.1, -0.05) is 31.5 Å². The average molecular weight is 279 g/mol. The molecule has 1 saturated carbocycles.